The zero-order valence-electron chi connectivity index (χ0n) is 10.8. The molecule has 0 aromatic heterocycles. The van der Waals surface area contributed by atoms with Gasteiger partial charge in [0.2, 0.25) is 0 Å². The van der Waals surface area contributed by atoms with Crippen molar-refractivity contribution in [3.05, 3.63) is 47.0 Å². The van der Waals surface area contributed by atoms with Crippen molar-refractivity contribution in [2.75, 3.05) is 27.2 Å². The molecule has 1 unspecified atom stereocenters. The van der Waals surface area contributed by atoms with E-state index < -0.39 is 0 Å². The summed E-state index contributed by atoms with van der Waals surface area (Å²) in [6, 6.07) is 8.28. The van der Waals surface area contributed by atoms with Gasteiger partial charge in [0.15, 0.2) is 0 Å². The predicted molar refractivity (Wildman–Crippen MR) is 75.6 cm³/mol. The lowest BCUT2D eigenvalue weighted by Crippen LogP contribution is -2.27. The number of benzene rings is 1. The largest absolute Gasteiger partial charge is 0.316 e. The Kier molecular flexibility index (Phi) is 5.69. The Hall–Kier alpha value is -0.830. The second-order valence-corrected chi connectivity index (χ2v) is 4.80. The van der Waals surface area contributed by atoms with Crippen molar-refractivity contribution in [2.24, 2.45) is 0 Å². The Labute approximate surface area is 109 Å². The Balaban J connectivity index is 2.67. The number of likely N-dealkylation sites (N-methyl/N-ethyl adjacent to an activating group) is 2. The third-order valence-electron chi connectivity index (χ3n) is 2.92. The maximum absolute atomic E-state index is 6.20. The van der Waals surface area contributed by atoms with E-state index in [1.807, 2.05) is 25.2 Å². The number of nitrogens with one attached hydrogen (secondary N) is 1. The van der Waals surface area contributed by atoms with Crippen molar-refractivity contribution >= 4 is 11.6 Å². The first kappa shape index (κ1) is 14.2. The summed E-state index contributed by atoms with van der Waals surface area (Å²) in [6.07, 6.45) is 0. The van der Waals surface area contributed by atoms with Crippen molar-refractivity contribution < 1.29 is 0 Å². The molecule has 0 saturated heterocycles. The lowest BCUT2D eigenvalue weighted by molar-refractivity contribution is 0.282. The fourth-order valence-electron chi connectivity index (χ4n) is 1.85. The standard InChI is InChI=1S/C14H21ClN2/c1-11(9-16-3)10-17(4)12(2)13-7-5-6-8-14(13)15/h5-8,12,16H,1,9-10H2,2-4H3. The molecule has 0 bridgehead atoms. The second kappa shape index (κ2) is 6.80. The molecule has 1 aromatic carbocycles. The minimum Gasteiger partial charge on any atom is -0.316 e. The van der Waals surface area contributed by atoms with Crippen LogP contribution in [0.15, 0.2) is 36.4 Å². The van der Waals surface area contributed by atoms with Crippen LogP contribution >= 0.6 is 11.6 Å². The first-order valence-electron chi connectivity index (χ1n) is 5.82. The van der Waals surface area contributed by atoms with Crippen LogP contribution in [-0.4, -0.2) is 32.1 Å². The van der Waals surface area contributed by atoms with Crippen LogP contribution in [0, 0.1) is 0 Å². The molecule has 0 aliphatic carbocycles. The molecule has 0 saturated carbocycles. The highest BCUT2D eigenvalue weighted by Crippen LogP contribution is 2.26. The highest BCUT2D eigenvalue weighted by atomic mass is 35.5. The van der Waals surface area contributed by atoms with E-state index in [1.165, 1.54) is 5.57 Å². The first-order chi connectivity index (χ1) is 8.06. The molecular formula is C14H21ClN2. The summed E-state index contributed by atoms with van der Waals surface area (Å²) in [5, 5.41) is 3.94. The van der Waals surface area contributed by atoms with E-state index in [-0.39, 0.29) is 6.04 Å². The highest BCUT2D eigenvalue weighted by molar-refractivity contribution is 6.31. The van der Waals surface area contributed by atoms with Gasteiger partial charge in [0, 0.05) is 24.2 Å². The molecule has 1 aromatic rings. The topological polar surface area (TPSA) is 15.3 Å². The van der Waals surface area contributed by atoms with Crippen molar-refractivity contribution in [3.8, 4) is 0 Å². The minimum absolute atomic E-state index is 0.289. The molecule has 1 rings (SSSR count). The molecule has 3 heteroatoms. The van der Waals surface area contributed by atoms with E-state index in [1.54, 1.807) is 0 Å². The van der Waals surface area contributed by atoms with Crippen molar-refractivity contribution in [1.82, 2.24) is 10.2 Å². The first-order valence-corrected chi connectivity index (χ1v) is 6.20. The highest BCUT2D eigenvalue weighted by Gasteiger charge is 2.14. The summed E-state index contributed by atoms with van der Waals surface area (Å²) < 4.78 is 0. The van der Waals surface area contributed by atoms with Gasteiger partial charge >= 0.3 is 0 Å². The van der Waals surface area contributed by atoms with Gasteiger partial charge in [-0.1, -0.05) is 36.4 Å². The van der Waals surface area contributed by atoms with Crippen LogP contribution in [0.4, 0.5) is 0 Å². The Morgan fingerprint density at radius 2 is 2.12 bits per heavy atom. The monoisotopic (exact) mass is 252 g/mol. The number of hydrogen-bond donors (Lipinski definition) is 1. The van der Waals surface area contributed by atoms with Crippen molar-refractivity contribution in [2.45, 2.75) is 13.0 Å². The van der Waals surface area contributed by atoms with Gasteiger partial charge in [-0.3, -0.25) is 4.90 Å². The quantitative estimate of drug-likeness (QED) is 0.783. The van der Waals surface area contributed by atoms with E-state index in [2.05, 4.69) is 36.8 Å². The van der Waals surface area contributed by atoms with Gasteiger partial charge in [-0.2, -0.15) is 0 Å². The molecule has 2 nitrogen and oxygen atoms in total. The molecule has 0 heterocycles. The van der Waals surface area contributed by atoms with E-state index in [0.29, 0.717) is 0 Å². The van der Waals surface area contributed by atoms with Crippen LogP contribution in [0.2, 0.25) is 5.02 Å². The summed E-state index contributed by atoms with van der Waals surface area (Å²) in [5.41, 5.74) is 2.34. The Morgan fingerprint density at radius 1 is 1.47 bits per heavy atom. The van der Waals surface area contributed by atoms with Gasteiger partial charge in [-0.15, -0.1) is 0 Å². The minimum atomic E-state index is 0.289. The van der Waals surface area contributed by atoms with Crippen LogP contribution in [0.25, 0.3) is 0 Å². The summed E-state index contributed by atoms with van der Waals surface area (Å²) in [5.74, 6) is 0. The zero-order valence-corrected chi connectivity index (χ0v) is 11.6. The van der Waals surface area contributed by atoms with Crippen LogP contribution < -0.4 is 5.32 Å². The van der Waals surface area contributed by atoms with Crippen LogP contribution in [-0.2, 0) is 0 Å². The molecule has 0 spiro atoms. The van der Waals surface area contributed by atoms with Crippen LogP contribution in [0.3, 0.4) is 0 Å². The third-order valence-corrected chi connectivity index (χ3v) is 3.26. The van der Waals surface area contributed by atoms with Gasteiger partial charge < -0.3 is 5.32 Å². The summed E-state index contributed by atoms with van der Waals surface area (Å²) in [4.78, 5) is 2.25. The molecule has 94 valence electrons. The number of hydrogen-bond acceptors (Lipinski definition) is 2. The number of halogens is 1. The van der Waals surface area contributed by atoms with Crippen molar-refractivity contribution in [3.63, 3.8) is 0 Å². The molecule has 0 fully saturated rings. The smallest absolute Gasteiger partial charge is 0.0453 e. The van der Waals surface area contributed by atoms with Crippen LogP contribution in [0.1, 0.15) is 18.5 Å². The lowest BCUT2D eigenvalue weighted by atomic mass is 10.1. The predicted octanol–water partition coefficient (Wildman–Crippen LogP) is 3.11. The lowest BCUT2D eigenvalue weighted by Gasteiger charge is -2.26. The number of rotatable bonds is 6. The fourth-order valence-corrected chi connectivity index (χ4v) is 2.14. The Bertz CT molecular complexity index is 376. The third kappa shape index (κ3) is 4.15. The molecule has 1 N–H and O–H groups in total. The van der Waals surface area contributed by atoms with E-state index >= 15 is 0 Å². The summed E-state index contributed by atoms with van der Waals surface area (Å²) >= 11 is 6.20. The SMILES string of the molecule is C=C(CNC)CN(C)C(C)c1ccccc1Cl. The van der Waals surface area contributed by atoms with Gasteiger partial charge in [0.05, 0.1) is 0 Å². The average molecular weight is 253 g/mol. The maximum atomic E-state index is 6.20. The second-order valence-electron chi connectivity index (χ2n) is 4.39. The number of nitrogens with zero attached hydrogens (tertiary/aromatic N) is 1. The normalized spacial score (nSPS) is 12.8. The van der Waals surface area contributed by atoms with Crippen molar-refractivity contribution in [1.29, 1.82) is 0 Å². The molecular weight excluding hydrogens is 232 g/mol. The molecule has 0 aliphatic rings. The molecule has 1 atom stereocenters. The van der Waals surface area contributed by atoms with Gasteiger partial charge in [0.25, 0.3) is 0 Å². The van der Waals surface area contributed by atoms with E-state index in [0.717, 1.165) is 23.7 Å². The van der Waals surface area contributed by atoms with E-state index in [4.69, 9.17) is 11.6 Å². The van der Waals surface area contributed by atoms with Gasteiger partial charge in [0.1, 0.15) is 0 Å². The molecule has 0 radical (unpaired) electrons. The molecule has 0 amide bonds. The average Bonchev–Trinajstić information content (AvgIpc) is 2.29. The molecule has 0 aliphatic heterocycles. The fraction of sp³-hybridized carbons (Fsp3) is 0.429. The summed E-state index contributed by atoms with van der Waals surface area (Å²) in [6.45, 7) is 7.92. The zero-order chi connectivity index (χ0) is 12.8. The maximum Gasteiger partial charge on any atom is 0.0453 e. The van der Waals surface area contributed by atoms with Gasteiger partial charge in [-0.05, 0) is 38.2 Å². The van der Waals surface area contributed by atoms with Gasteiger partial charge in [-0.25, -0.2) is 0 Å². The summed E-state index contributed by atoms with van der Waals surface area (Å²) in [7, 11) is 4.03. The van der Waals surface area contributed by atoms with E-state index in [9.17, 15) is 0 Å². The Morgan fingerprint density at radius 3 is 2.71 bits per heavy atom. The van der Waals surface area contributed by atoms with Crippen LogP contribution in [0.5, 0.6) is 0 Å². The molecule has 17 heavy (non-hydrogen) atoms.